The van der Waals surface area contributed by atoms with Crippen molar-refractivity contribution < 1.29 is 14.2 Å². The molecule has 0 aromatic heterocycles. The van der Waals surface area contributed by atoms with E-state index in [4.69, 9.17) is 14.2 Å². The van der Waals surface area contributed by atoms with Crippen molar-refractivity contribution in [2.24, 2.45) is 23.7 Å². The second kappa shape index (κ2) is 14.7. The molecule has 3 aromatic rings. The van der Waals surface area contributed by atoms with Crippen LogP contribution >= 0.6 is 8.58 Å². The molecule has 0 radical (unpaired) electrons. The van der Waals surface area contributed by atoms with Crippen LogP contribution in [0.2, 0.25) is 0 Å². The largest absolute Gasteiger partial charge is 0.496 e. The molecule has 3 nitrogen and oxygen atoms in total. The molecule has 43 heavy (non-hydrogen) atoms. The summed E-state index contributed by atoms with van der Waals surface area (Å²) in [7, 11) is 6.52. The smallest absolute Gasteiger partial charge is 0.126 e. The van der Waals surface area contributed by atoms with Crippen LogP contribution in [-0.2, 0) is 9.47 Å². The van der Waals surface area contributed by atoms with Crippen LogP contribution in [0, 0.1) is 23.7 Å². The normalized spacial score (nSPS) is 28.2. The molecule has 0 spiro atoms. The lowest BCUT2D eigenvalue weighted by atomic mass is 9.64. The zero-order valence-corrected chi connectivity index (χ0v) is 28.4. The summed E-state index contributed by atoms with van der Waals surface area (Å²) in [5.41, 5.74) is 8.00. The van der Waals surface area contributed by atoms with Gasteiger partial charge in [-0.2, -0.15) is 0 Å². The molecule has 2 aliphatic rings. The van der Waals surface area contributed by atoms with Gasteiger partial charge in [0.2, 0.25) is 0 Å². The maximum Gasteiger partial charge on any atom is 0.126 e. The van der Waals surface area contributed by atoms with E-state index in [-0.39, 0.29) is 0 Å². The van der Waals surface area contributed by atoms with E-state index in [1.54, 1.807) is 7.11 Å². The molecule has 6 unspecified atom stereocenters. The number of ether oxygens (including phenoxy) is 3. The third-order valence-corrected chi connectivity index (χ3v) is 12.8. The van der Waals surface area contributed by atoms with Gasteiger partial charge >= 0.3 is 0 Å². The zero-order valence-electron chi connectivity index (χ0n) is 27.4. The van der Waals surface area contributed by atoms with Gasteiger partial charge in [-0.05, 0) is 95.7 Å². The Morgan fingerprint density at radius 1 is 0.651 bits per heavy atom. The van der Waals surface area contributed by atoms with Crippen molar-refractivity contribution in [3.05, 3.63) is 78.4 Å². The minimum atomic E-state index is 0.360. The van der Waals surface area contributed by atoms with Crippen molar-refractivity contribution in [3.63, 3.8) is 0 Å². The summed E-state index contributed by atoms with van der Waals surface area (Å²) in [5, 5.41) is 0. The summed E-state index contributed by atoms with van der Waals surface area (Å²) < 4.78 is 17.9. The molecular weight excluding hydrogens is 547 g/mol. The van der Waals surface area contributed by atoms with Crippen molar-refractivity contribution in [1.82, 2.24) is 0 Å². The monoisotopic (exact) mass is 600 g/mol. The second-order valence-corrected chi connectivity index (χ2v) is 15.3. The summed E-state index contributed by atoms with van der Waals surface area (Å²) in [6.07, 6.45) is 6.55. The van der Waals surface area contributed by atoms with Crippen LogP contribution < -0.4 is 4.74 Å². The van der Waals surface area contributed by atoms with E-state index in [1.165, 1.54) is 40.7 Å². The molecule has 2 saturated carbocycles. The Labute approximate surface area is 262 Å². The minimum Gasteiger partial charge on any atom is -0.496 e. The molecule has 6 atom stereocenters. The molecule has 0 heterocycles. The highest BCUT2D eigenvalue weighted by molar-refractivity contribution is 7.40. The Kier molecular flexibility index (Phi) is 11.0. The summed E-state index contributed by atoms with van der Waals surface area (Å²) in [6, 6.07) is 26.5. The molecule has 232 valence electrons. The first-order valence-electron chi connectivity index (χ1n) is 16.5. The maximum absolute atomic E-state index is 6.11. The SMILES string of the molecule is COc1ccccc1-c1cccc(-c2ccccc2)c1C1CC(C(C)C)C(PC2CC(OC)CCC2OC)C(C(C)C)C1. The molecule has 0 aliphatic heterocycles. The Hall–Kier alpha value is -2.19. The zero-order chi connectivity index (χ0) is 30.5. The molecule has 0 amide bonds. The first kappa shape index (κ1) is 32.2. The minimum absolute atomic E-state index is 0.360. The maximum atomic E-state index is 6.11. The highest BCUT2D eigenvalue weighted by atomic mass is 31.1. The quantitative estimate of drug-likeness (QED) is 0.217. The molecule has 2 fully saturated rings. The van der Waals surface area contributed by atoms with Crippen molar-refractivity contribution >= 4 is 8.58 Å². The van der Waals surface area contributed by atoms with Gasteiger partial charge in [-0.3, -0.25) is 0 Å². The number of para-hydroxylation sites is 1. The van der Waals surface area contributed by atoms with E-state index < -0.39 is 0 Å². The molecule has 0 saturated heterocycles. The van der Waals surface area contributed by atoms with Gasteiger partial charge in [-0.25, -0.2) is 0 Å². The number of hydrogen-bond donors (Lipinski definition) is 0. The van der Waals surface area contributed by atoms with Gasteiger partial charge in [0, 0.05) is 25.4 Å². The summed E-state index contributed by atoms with van der Waals surface area (Å²) in [5.74, 6) is 4.01. The van der Waals surface area contributed by atoms with E-state index >= 15 is 0 Å². The first-order chi connectivity index (χ1) is 20.9. The Bertz CT molecular complexity index is 1290. The molecule has 5 rings (SSSR count). The average Bonchev–Trinajstić information content (AvgIpc) is 3.04. The van der Waals surface area contributed by atoms with Crippen LogP contribution in [0.25, 0.3) is 22.3 Å². The molecule has 4 heteroatoms. The molecule has 0 bridgehead atoms. The van der Waals surface area contributed by atoms with E-state index in [0.29, 0.717) is 53.1 Å². The predicted octanol–water partition coefficient (Wildman–Crippen LogP) is 10.1. The molecular formula is C39H53O3P. The molecule has 2 aliphatic carbocycles. The van der Waals surface area contributed by atoms with Crippen LogP contribution in [-0.4, -0.2) is 44.9 Å². The van der Waals surface area contributed by atoms with E-state index in [1.807, 2.05) is 14.2 Å². The average molecular weight is 601 g/mol. The number of rotatable bonds is 10. The lowest BCUT2D eigenvalue weighted by Crippen LogP contribution is -2.43. The summed E-state index contributed by atoms with van der Waals surface area (Å²) >= 11 is 0. The van der Waals surface area contributed by atoms with Crippen molar-refractivity contribution in [3.8, 4) is 28.0 Å². The first-order valence-corrected chi connectivity index (χ1v) is 17.6. The fourth-order valence-corrected chi connectivity index (χ4v) is 11.2. The Morgan fingerprint density at radius 3 is 1.91 bits per heavy atom. The van der Waals surface area contributed by atoms with Crippen molar-refractivity contribution in [2.75, 3.05) is 21.3 Å². The standard InChI is InChI=1S/C39H53O3P/c1-25(2)33-22-28(23-34(26(3)4)39(33)43-37-24-29(40-5)20-21-36(37)42-7)38-30(27-14-9-8-10-15-27)17-13-18-32(38)31-16-11-12-19-35(31)41-6/h8-19,25-26,28-29,33-34,36-37,39,43H,20-24H2,1-7H3. The third kappa shape index (κ3) is 7.06. The van der Waals surface area contributed by atoms with Gasteiger partial charge < -0.3 is 14.2 Å². The van der Waals surface area contributed by atoms with Crippen LogP contribution in [0.1, 0.15) is 71.3 Å². The second-order valence-electron chi connectivity index (χ2n) is 13.6. The van der Waals surface area contributed by atoms with Crippen molar-refractivity contribution in [1.29, 1.82) is 0 Å². The van der Waals surface area contributed by atoms with Gasteiger partial charge in [0.25, 0.3) is 0 Å². The lowest BCUT2D eigenvalue weighted by molar-refractivity contribution is 0.00772. The predicted molar refractivity (Wildman–Crippen MR) is 184 cm³/mol. The van der Waals surface area contributed by atoms with Gasteiger partial charge in [0.15, 0.2) is 0 Å². The number of benzene rings is 3. The van der Waals surface area contributed by atoms with Gasteiger partial charge in [-0.15, -0.1) is 8.58 Å². The van der Waals surface area contributed by atoms with Gasteiger partial charge in [0.1, 0.15) is 5.75 Å². The van der Waals surface area contributed by atoms with Crippen molar-refractivity contribution in [2.45, 2.75) is 89.2 Å². The Balaban J connectivity index is 1.59. The van der Waals surface area contributed by atoms with Crippen LogP contribution in [0.3, 0.4) is 0 Å². The summed E-state index contributed by atoms with van der Waals surface area (Å²) in [6.45, 7) is 9.88. The van der Waals surface area contributed by atoms with Gasteiger partial charge in [0.05, 0.1) is 19.3 Å². The summed E-state index contributed by atoms with van der Waals surface area (Å²) in [4.78, 5) is 0. The van der Waals surface area contributed by atoms with Crippen LogP contribution in [0.5, 0.6) is 5.75 Å². The number of methoxy groups -OCH3 is 3. The fourth-order valence-electron chi connectivity index (χ4n) is 8.22. The molecule has 0 N–H and O–H groups in total. The van der Waals surface area contributed by atoms with E-state index in [2.05, 4.69) is 100 Å². The van der Waals surface area contributed by atoms with Crippen LogP contribution in [0.15, 0.2) is 72.8 Å². The van der Waals surface area contributed by atoms with Crippen LogP contribution in [0.4, 0.5) is 0 Å². The lowest BCUT2D eigenvalue weighted by Gasteiger charge is -2.49. The Morgan fingerprint density at radius 2 is 1.28 bits per heavy atom. The molecule has 3 aromatic carbocycles. The third-order valence-electron chi connectivity index (χ3n) is 10.5. The number of hydrogen-bond acceptors (Lipinski definition) is 3. The van der Waals surface area contributed by atoms with Gasteiger partial charge in [-0.1, -0.05) is 94.4 Å². The highest BCUT2D eigenvalue weighted by Crippen LogP contribution is 2.56. The topological polar surface area (TPSA) is 27.7 Å². The highest BCUT2D eigenvalue weighted by Gasteiger charge is 2.44. The van der Waals surface area contributed by atoms with E-state index in [0.717, 1.165) is 33.6 Å². The fraction of sp³-hybridized carbons (Fsp3) is 0.538. The van der Waals surface area contributed by atoms with E-state index in [9.17, 15) is 0 Å².